The molecule has 0 bridgehead atoms. The summed E-state index contributed by atoms with van der Waals surface area (Å²) in [6, 6.07) is 8.05. The summed E-state index contributed by atoms with van der Waals surface area (Å²) < 4.78 is 11.1. The second kappa shape index (κ2) is 8.15. The van der Waals surface area contributed by atoms with Gasteiger partial charge in [-0.25, -0.2) is 9.78 Å². The Morgan fingerprint density at radius 2 is 1.97 bits per heavy atom. The van der Waals surface area contributed by atoms with Crippen molar-refractivity contribution in [1.29, 1.82) is 0 Å². The van der Waals surface area contributed by atoms with Crippen molar-refractivity contribution in [3.05, 3.63) is 64.7 Å². The maximum atomic E-state index is 13.4. The molecule has 1 saturated heterocycles. The molecule has 2 aliphatic rings. The third kappa shape index (κ3) is 3.62. The molecule has 9 heteroatoms. The highest BCUT2D eigenvalue weighted by atomic mass is 16.5. The van der Waals surface area contributed by atoms with Gasteiger partial charge in [0.15, 0.2) is 0 Å². The van der Waals surface area contributed by atoms with Gasteiger partial charge in [-0.1, -0.05) is 6.07 Å². The number of amides is 1. The van der Waals surface area contributed by atoms with Gasteiger partial charge in [0.2, 0.25) is 5.91 Å². The number of aromatic nitrogens is 5. The van der Waals surface area contributed by atoms with Crippen molar-refractivity contribution in [2.45, 2.75) is 38.3 Å². The first kappa shape index (κ1) is 20.2. The number of fused-ring (bicyclic) bond motifs is 2. The van der Waals surface area contributed by atoms with E-state index in [1.807, 2.05) is 44.3 Å². The summed E-state index contributed by atoms with van der Waals surface area (Å²) in [5.41, 5.74) is 4.32. The Hall–Kier alpha value is -3.46. The van der Waals surface area contributed by atoms with Gasteiger partial charge in [0.05, 0.1) is 42.7 Å². The van der Waals surface area contributed by atoms with Gasteiger partial charge >= 0.3 is 5.69 Å². The van der Waals surface area contributed by atoms with Crippen LogP contribution in [0.15, 0.2) is 47.7 Å². The Morgan fingerprint density at radius 3 is 2.79 bits per heavy atom. The summed E-state index contributed by atoms with van der Waals surface area (Å²) in [5.74, 6) is 0.127. The van der Waals surface area contributed by atoms with Gasteiger partial charge in [-0.3, -0.25) is 18.9 Å². The number of carbonyl (C=O) groups is 1. The van der Waals surface area contributed by atoms with Crippen LogP contribution in [0.2, 0.25) is 0 Å². The van der Waals surface area contributed by atoms with E-state index in [1.165, 1.54) is 0 Å². The molecule has 33 heavy (non-hydrogen) atoms. The summed E-state index contributed by atoms with van der Waals surface area (Å²) in [6.45, 7) is 2.82. The van der Waals surface area contributed by atoms with Crippen LogP contribution < -0.4 is 5.69 Å². The van der Waals surface area contributed by atoms with Crippen molar-refractivity contribution in [3.63, 3.8) is 0 Å². The number of aryl methyl sites for hydroxylation is 1. The molecule has 6 rings (SSSR count). The average molecular weight is 447 g/mol. The number of hydrogen-bond donors (Lipinski definition) is 0. The SMILES string of the molecule is O=C(CCc1c(Cn2c(=O)n(C3CC3)c3ccncc32)nc2ccccn12)N1CCOCC1. The maximum Gasteiger partial charge on any atom is 0.329 e. The monoisotopic (exact) mass is 446 g/mol. The van der Waals surface area contributed by atoms with Gasteiger partial charge in [0, 0.05) is 43.6 Å². The van der Waals surface area contributed by atoms with Crippen LogP contribution in [0.5, 0.6) is 0 Å². The van der Waals surface area contributed by atoms with Crippen molar-refractivity contribution in [1.82, 2.24) is 28.4 Å². The molecule has 9 nitrogen and oxygen atoms in total. The molecule has 1 aliphatic carbocycles. The first-order chi connectivity index (χ1) is 16.2. The van der Waals surface area contributed by atoms with E-state index in [1.54, 1.807) is 17.0 Å². The third-order valence-corrected chi connectivity index (χ3v) is 6.64. The first-order valence-corrected chi connectivity index (χ1v) is 11.6. The Bertz CT molecular complexity index is 1390. The predicted molar refractivity (Wildman–Crippen MR) is 122 cm³/mol. The Labute approximate surface area is 190 Å². The minimum atomic E-state index is -0.0205. The maximum absolute atomic E-state index is 13.4. The van der Waals surface area contributed by atoms with Gasteiger partial charge in [-0.15, -0.1) is 0 Å². The number of hydrogen-bond acceptors (Lipinski definition) is 5. The highest BCUT2D eigenvalue weighted by Gasteiger charge is 2.29. The van der Waals surface area contributed by atoms with E-state index in [0.717, 1.165) is 40.9 Å². The van der Waals surface area contributed by atoms with Gasteiger partial charge in [0.25, 0.3) is 0 Å². The number of imidazole rings is 2. The topological polar surface area (TPSA) is 86.7 Å². The summed E-state index contributed by atoms with van der Waals surface area (Å²) >= 11 is 0. The van der Waals surface area contributed by atoms with Gasteiger partial charge in [0.1, 0.15) is 5.65 Å². The van der Waals surface area contributed by atoms with Crippen molar-refractivity contribution >= 4 is 22.6 Å². The molecule has 0 N–H and O–H groups in total. The smallest absolute Gasteiger partial charge is 0.329 e. The van der Waals surface area contributed by atoms with Gasteiger partial charge < -0.3 is 14.0 Å². The van der Waals surface area contributed by atoms with E-state index < -0.39 is 0 Å². The molecule has 170 valence electrons. The van der Waals surface area contributed by atoms with Crippen LogP contribution in [0.3, 0.4) is 0 Å². The summed E-state index contributed by atoms with van der Waals surface area (Å²) in [5, 5.41) is 0. The molecule has 0 radical (unpaired) electrons. The molecule has 1 amide bonds. The average Bonchev–Trinajstić information content (AvgIpc) is 3.57. The number of rotatable bonds is 6. The molecule has 0 atom stereocenters. The zero-order valence-electron chi connectivity index (χ0n) is 18.4. The minimum absolute atomic E-state index is 0.0205. The van der Waals surface area contributed by atoms with Crippen LogP contribution in [-0.2, 0) is 22.5 Å². The van der Waals surface area contributed by atoms with Crippen LogP contribution in [0.25, 0.3) is 16.7 Å². The molecule has 1 aliphatic heterocycles. The molecular weight excluding hydrogens is 420 g/mol. The normalized spacial score (nSPS) is 16.7. The summed E-state index contributed by atoms with van der Waals surface area (Å²) in [7, 11) is 0. The molecule has 2 fully saturated rings. The highest BCUT2D eigenvalue weighted by Crippen LogP contribution is 2.36. The van der Waals surface area contributed by atoms with Gasteiger partial charge in [-0.05, 0) is 37.5 Å². The van der Waals surface area contributed by atoms with E-state index in [2.05, 4.69) is 4.98 Å². The van der Waals surface area contributed by atoms with Crippen LogP contribution >= 0.6 is 0 Å². The van der Waals surface area contributed by atoms with Crippen LogP contribution in [0, 0.1) is 0 Å². The van der Waals surface area contributed by atoms with Crippen molar-refractivity contribution in [3.8, 4) is 0 Å². The lowest BCUT2D eigenvalue weighted by molar-refractivity contribution is -0.135. The van der Waals surface area contributed by atoms with E-state index >= 15 is 0 Å². The molecule has 4 aromatic heterocycles. The number of ether oxygens (including phenoxy) is 1. The summed E-state index contributed by atoms with van der Waals surface area (Å²) in [6.07, 6.45) is 8.49. The van der Waals surface area contributed by atoms with E-state index in [0.29, 0.717) is 45.7 Å². The standard InChI is InChI=1S/C24H26N6O3/c31-23(27-11-13-33-14-12-27)7-6-19-18(26-22-3-1-2-10-28(19)22)16-29-21-15-25-9-8-20(21)30(24(29)32)17-4-5-17/h1-3,8-10,15,17H,4-7,11-14,16H2. The largest absolute Gasteiger partial charge is 0.378 e. The Morgan fingerprint density at radius 1 is 1.12 bits per heavy atom. The minimum Gasteiger partial charge on any atom is -0.378 e. The number of morpholine rings is 1. The highest BCUT2D eigenvalue weighted by molar-refractivity contribution is 5.77. The van der Waals surface area contributed by atoms with Crippen molar-refractivity contribution < 1.29 is 9.53 Å². The van der Waals surface area contributed by atoms with Gasteiger partial charge in [-0.2, -0.15) is 0 Å². The molecule has 0 unspecified atom stereocenters. The number of pyridine rings is 2. The van der Waals surface area contributed by atoms with E-state index in [9.17, 15) is 9.59 Å². The van der Waals surface area contributed by atoms with Crippen LogP contribution in [-0.4, -0.2) is 60.6 Å². The second-order valence-corrected chi connectivity index (χ2v) is 8.76. The molecule has 5 heterocycles. The lowest BCUT2D eigenvalue weighted by Crippen LogP contribution is -2.40. The molecule has 1 saturated carbocycles. The van der Waals surface area contributed by atoms with Crippen molar-refractivity contribution in [2.24, 2.45) is 0 Å². The van der Waals surface area contributed by atoms with Crippen LogP contribution in [0.4, 0.5) is 0 Å². The van der Waals surface area contributed by atoms with E-state index in [-0.39, 0.29) is 17.6 Å². The summed E-state index contributed by atoms with van der Waals surface area (Å²) in [4.78, 5) is 37.1. The lowest BCUT2D eigenvalue weighted by atomic mass is 10.1. The molecule has 0 spiro atoms. The first-order valence-electron chi connectivity index (χ1n) is 11.6. The quantitative estimate of drug-likeness (QED) is 0.452. The third-order valence-electron chi connectivity index (χ3n) is 6.64. The lowest BCUT2D eigenvalue weighted by Gasteiger charge is -2.26. The fourth-order valence-corrected chi connectivity index (χ4v) is 4.80. The van der Waals surface area contributed by atoms with Crippen LogP contribution in [0.1, 0.15) is 36.7 Å². The Balaban J connectivity index is 1.36. The van der Waals surface area contributed by atoms with Crippen molar-refractivity contribution in [2.75, 3.05) is 26.3 Å². The molecule has 0 aromatic carbocycles. The molecule has 4 aromatic rings. The van der Waals surface area contributed by atoms with E-state index in [4.69, 9.17) is 9.72 Å². The predicted octanol–water partition coefficient (Wildman–Crippen LogP) is 2.02. The number of carbonyl (C=O) groups excluding carboxylic acids is 1. The second-order valence-electron chi connectivity index (χ2n) is 8.76. The fourth-order valence-electron chi connectivity index (χ4n) is 4.80. The fraction of sp³-hybridized carbons (Fsp3) is 0.417. The zero-order chi connectivity index (χ0) is 22.4. The molecular formula is C24H26N6O3. The zero-order valence-corrected chi connectivity index (χ0v) is 18.4. The Kier molecular flexibility index (Phi) is 4.98. The number of nitrogens with zero attached hydrogens (tertiary/aromatic N) is 6.